The van der Waals surface area contributed by atoms with E-state index in [9.17, 15) is 0 Å². The largest absolute Gasteiger partial charge is 0.325 e. The summed E-state index contributed by atoms with van der Waals surface area (Å²) >= 11 is 0. The van der Waals surface area contributed by atoms with E-state index in [1.165, 1.54) is 25.0 Å². The lowest BCUT2D eigenvalue weighted by molar-refractivity contribution is 0.202. The van der Waals surface area contributed by atoms with E-state index in [4.69, 9.17) is 10.8 Å². The quantitative estimate of drug-likeness (QED) is 0.880. The van der Waals surface area contributed by atoms with E-state index < -0.39 is 0 Å². The second-order valence-corrected chi connectivity index (χ2v) is 6.31. The molecule has 0 aliphatic heterocycles. The summed E-state index contributed by atoms with van der Waals surface area (Å²) in [6.45, 7) is 6.75. The number of nitrogens with zero attached hydrogens (tertiary/aromatic N) is 2. The summed E-state index contributed by atoms with van der Waals surface area (Å²) in [5.74, 6) is 0.611. The zero-order valence-electron chi connectivity index (χ0n) is 12.7. The Balaban J connectivity index is 2.06. The fraction of sp³-hybridized carbons (Fsp3) is 0.812. The minimum absolute atomic E-state index is 0.0363. The highest BCUT2D eigenvalue weighted by molar-refractivity contribution is 5.08. The number of hydrogen-bond donors (Lipinski definition) is 1. The van der Waals surface area contributed by atoms with Crippen LogP contribution in [0.3, 0.4) is 0 Å². The van der Waals surface area contributed by atoms with Crippen molar-refractivity contribution >= 4 is 0 Å². The standard InChI is InChI=1S/C16H29N3/c1-4-15(5-2)19-11-9-14(18-19)12-16(17)10-7-6-8-13(16)3/h9,11,13,15H,4-8,10,12,17H2,1-3H3. The van der Waals surface area contributed by atoms with Gasteiger partial charge in [0.1, 0.15) is 0 Å². The normalized spacial score (nSPS) is 27.9. The van der Waals surface area contributed by atoms with Crippen molar-refractivity contribution in [2.24, 2.45) is 11.7 Å². The van der Waals surface area contributed by atoms with Gasteiger partial charge in [0.2, 0.25) is 0 Å². The fourth-order valence-electron chi connectivity index (χ4n) is 3.38. The molecule has 0 spiro atoms. The highest BCUT2D eigenvalue weighted by Gasteiger charge is 2.34. The van der Waals surface area contributed by atoms with Crippen molar-refractivity contribution in [2.75, 3.05) is 0 Å². The molecule has 1 aromatic rings. The van der Waals surface area contributed by atoms with Gasteiger partial charge in [-0.05, 0) is 37.7 Å². The van der Waals surface area contributed by atoms with Crippen molar-refractivity contribution < 1.29 is 0 Å². The summed E-state index contributed by atoms with van der Waals surface area (Å²) in [6, 6.07) is 2.69. The SMILES string of the molecule is CCC(CC)n1ccc(CC2(N)CCCCC2C)n1. The Morgan fingerprint density at radius 2 is 2.16 bits per heavy atom. The van der Waals surface area contributed by atoms with Gasteiger partial charge < -0.3 is 5.73 Å². The number of nitrogens with two attached hydrogens (primary N) is 1. The minimum atomic E-state index is -0.0363. The van der Waals surface area contributed by atoms with E-state index in [2.05, 4.69) is 37.7 Å². The first-order valence-electron chi connectivity index (χ1n) is 7.92. The molecule has 1 aromatic heterocycles. The Hall–Kier alpha value is -0.830. The van der Waals surface area contributed by atoms with Crippen LogP contribution in [0.15, 0.2) is 12.3 Å². The molecular formula is C16H29N3. The van der Waals surface area contributed by atoms with Crippen LogP contribution >= 0.6 is 0 Å². The highest BCUT2D eigenvalue weighted by Crippen LogP contribution is 2.34. The van der Waals surface area contributed by atoms with Gasteiger partial charge in [0.15, 0.2) is 0 Å². The Morgan fingerprint density at radius 1 is 1.42 bits per heavy atom. The van der Waals surface area contributed by atoms with Gasteiger partial charge in [-0.15, -0.1) is 0 Å². The van der Waals surface area contributed by atoms with Crippen LogP contribution in [0.5, 0.6) is 0 Å². The topological polar surface area (TPSA) is 43.8 Å². The van der Waals surface area contributed by atoms with Crippen LogP contribution in [0.2, 0.25) is 0 Å². The molecule has 1 heterocycles. The van der Waals surface area contributed by atoms with Crippen LogP contribution < -0.4 is 5.73 Å². The molecule has 0 aromatic carbocycles. The van der Waals surface area contributed by atoms with Crippen LogP contribution in [0.1, 0.15) is 71.0 Å². The molecular weight excluding hydrogens is 234 g/mol. The predicted molar refractivity (Wildman–Crippen MR) is 80.1 cm³/mol. The van der Waals surface area contributed by atoms with Crippen molar-refractivity contribution in [3.63, 3.8) is 0 Å². The minimum Gasteiger partial charge on any atom is -0.325 e. The van der Waals surface area contributed by atoms with Crippen LogP contribution in [0.25, 0.3) is 0 Å². The Kier molecular flexibility index (Phi) is 4.67. The van der Waals surface area contributed by atoms with Gasteiger partial charge in [0.05, 0.1) is 11.7 Å². The van der Waals surface area contributed by atoms with Gasteiger partial charge in [-0.2, -0.15) is 5.10 Å². The van der Waals surface area contributed by atoms with Crippen molar-refractivity contribution in [3.8, 4) is 0 Å². The first-order valence-corrected chi connectivity index (χ1v) is 7.92. The third kappa shape index (κ3) is 3.19. The molecule has 1 aliphatic rings. The van der Waals surface area contributed by atoms with E-state index in [-0.39, 0.29) is 5.54 Å². The van der Waals surface area contributed by atoms with Crippen molar-refractivity contribution in [3.05, 3.63) is 18.0 Å². The smallest absolute Gasteiger partial charge is 0.0643 e. The molecule has 0 radical (unpaired) electrons. The van der Waals surface area contributed by atoms with Crippen molar-refractivity contribution in [2.45, 2.75) is 77.3 Å². The molecule has 2 unspecified atom stereocenters. The number of rotatable bonds is 5. The maximum atomic E-state index is 6.64. The van der Waals surface area contributed by atoms with Crippen LogP contribution in [-0.4, -0.2) is 15.3 Å². The van der Waals surface area contributed by atoms with E-state index in [0.29, 0.717) is 12.0 Å². The van der Waals surface area contributed by atoms with Crippen molar-refractivity contribution in [1.82, 2.24) is 9.78 Å². The molecule has 2 atom stereocenters. The van der Waals surface area contributed by atoms with E-state index in [0.717, 1.165) is 25.7 Å². The van der Waals surface area contributed by atoms with Gasteiger partial charge in [-0.3, -0.25) is 4.68 Å². The van der Waals surface area contributed by atoms with Crippen LogP contribution in [0.4, 0.5) is 0 Å². The molecule has 0 bridgehead atoms. The zero-order valence-corrected chi connectivity index (χ0v) is 12.7. The highest BCUT2D eigenvalue weighted by atomic mass is 15.3. The second kappa shape index (κ2) is 6.08. The monoisotopic (exact) mass is 263 g/mol. The van der Waals surface area contributed by atoms with E-state index in [1.54, 1.807) is 0 Å². The van der Waals surface area contributed by atoms with E-state index >= 15 is 0 Å². The molecule has 3 heteroatoms. The number of aromatic nitrogens is 2. The zero-order chi connectivity index (χ0) is 13.9. The maximum Gasteiger partial charge on any atom is 0.0643 e. The van der Waals surface area contributed by atoms with Gasteiger partial charge >= 0.3 is 0 Å². The lowest BCUT2D eigenvalue weighted by Gasteiger charge is -2.39. The van der Waals surface area contributed by atoms with Crippen LogP contribution in [-0.2, 0) is 6.42 Å². The average Bonchev–Trinajstić information content (AvgIpc) is 2.83. The van der Waals surface area contributed by atoms with Gasteiger partial charge in [0.25, 0.3) is 0 Å². The number of hydrogen-bond acceptors (Lipinski definition) is 2. The molecule has 3 nitrogen and oxygen atoms in total. The first kappa shape index (κ1) is 14.6. The molecule has 1 aliphatic carbocycles. The average molecular weight is 263 g/mol. The summed E-state index contributed by atoms with van der Waals surface area (Å²) in [5.41, 5.74) is 7.77. The molecule has 108 valence electrons. The molecule has 19 heavy (non-hydrogen) atoms. The maximum absolute atomic E-state index is 6.64. The second-order valence-electron chi connectivity index (χ2n) is 6.31. The Bertz CT molecular complexity index is 394. The van der Waals surface area contributed by atoms with Gasteiger partial charge in [-0.1, -0.05) is 33.6 Å². The predicted octanol–water partition coefficient (Wildman–Crippen LogP) is 3.69. The third-order valence-corrected chi connectivity index (χ3v) is 5.00. The third-order valence-electron chi connectivity index (χ3n) is 5.00. The van der Waals surface area contributed by atoms with Crippen molar-refractivity contribution in [1.29, 1.82) is 0 Å². The van der Waals surface area contributed by atoms with Gasteiger partial charge in [-0.25, -0.2) is 0 Å². The molecule has 2 rings (SSSR count). The Morgan fingerprint density at radius 3 is 2.79 bits per heavy atom. The fourth-order valence-corrected chi connectivity index (χ4v) is 3.38. The molecule has 0 amide bonds. The summed E-state index contributed by atoms with van der Waals surface area (Å²) in [6.07, 6.45) is 10.4. The van der Waals surface area contributed by atoms with Gasteiger partial charge in [0, 0.05) is 18.2 Å². The summed E-state index contributed by atoms with van der Waals surface area (Å²) in [5, 5.41) is 4.76. The lowest BCUT2D eigenvalue weighted by Crippen LogP contribution is -2.50. The summed E-state index contributed by atoms with van der Waals surface area (Å²) in [4.78, 5) is 0. The summed E-state index contributed by atoms with van der Waals surface area (Å²) < 4.78 is 2.13. The summed E-state index contributed by atoms with van der Waals surface area (Å²) in [7, 11) is 0. The van der Waals surface area contributed by atoms with E-state index in [1.807, 2.05) is 0 Å². The molecule has 2 N–H and O–H groups in total. The lowest BCUT2D eigenvalue weighted by atomic mass is 9.72. The first-order chi connectivity index (χ1) is 9.09. The molecule has 1 fully saturated rings. The Labute approximate surface area is 117 Å². The molecule has 0 saturated heterocycles. The molecule has 1 saturated carbocycles. The van der Waals surface area contributed by atoms with Crippen LogP contribution in [0, 0.1) is 5.92 Å².